The van der Waals surface area contributed by atoms with Crippen LogP contribution in [0.15, 0.2) is 11.6 Å². The van der Waals surface area contributed by atoms with Crippen LogP contribution in [0.2, 0.25) is 0 Å². The molecule has 18 atom stereocenters. The summed E-state index contributed by atoms with van der Waals surface area (Å²) in [6.07, 6.45) is 6.78. The summed E-state index contributed by atoms with van der Waals surface area (Å²) in [4.78, 5) is 30.5. The molecule has 0 amide bonds. The number of fused-ring (bicyclic) bond motifs is 5. The molecule has 0 spiro atoms. The van der Waals surface area contributed by atoms with Gasteiger partial charge in [0.05, 0.1) is 30.8 Å². The van der Waals surface area contributed by atoms with Gasteiger partial charge >= 0.3 is 5.97 Å². The zero-order valence-electron chi connectivity index (χ0n) is 33.6. The zero-order valence-corrected chi connectivity index (χ0v) is 33.6. The van der Waals surface area contributed by atoms with Crippen LogP contribution in [0, 0.1) is 35.5 Å². The molecule has 53 heavy (non-hydrogen) atoms. The zero-order chi connectivity index (χ0) is 38.1. The number of carbonyl (C=O) groups excluding carboxylic acids is 2. The van der Waals surface area contributed by atoms with Gasteiger partial charge in [0.25, 0.3) is 0 Å². The van der Waals surface area contributed by atoms with Crippen molar-refractivity contribution in [1.29, 1.82) is 0 Å². The average molecular weight is 749 g/mol. The van der Waals surface area contributed by atoms with Crippen molar-refractivity contribution in [2.45, 2.75) is 165 Å². The Bertz CT molecular complexity index is 1280. The fraction of sp³-hybridized carbons (Fsp3) is 0.902. The van der Waals surface area contributed by atoms with Crippen LogP contribution in [0.1, 0.15) is 91.9 Å². The molecule has 0 radical (unpaired) electrons. The number of carbonyl (C=O) groups is 2. The Kier molecular flexibility index (Phi) is 13.8. The molecule has 3 heterocycles. The first-order valence-electron chi connectivity index (χ1n) is 20.5. The third-order valence-corrected chi connectivity index (χ3v) is 13.8. The Morgan fingerprint density at radius 1 is 0.868 bits per heavy atom. The Morgan fingerprint density at radius 2 is 1.60 bits per heavy atom. The molecule has 3 saturated heterocycles. The summed E-state index contributed by atoms with van der Waals surface area (Å²) in [5, 5.41) is 0. The second-order valence-electron chi connectivity index (χ2n) is 17.1. The van der Waals surface area contributed by atoms with E-state index in [1.165, 1.54) is 0 Å². The summed E-state index contributed by atoms with van der Waals surface area (Å²) in [5.74, 6) is -0.228. The van der Waals surface area contributed by atoms with E-state index in [1.807, 2.05) is 13.8 Å². The molecule has 0 aromatic carbocycles. The molecule has 3 aliphatic heterocycles. The Balaban J connectivity index is 1.22. The van der Waals surface area contributed by atoms with Gasteiger partial charge < -0.3 is 48.5 Å². The molecular formula is C41H68N2O10. The van der Waals surface area contributed by atoms with Gasteiger partial charge in [0, 0.05) is 45.2 Å². The first-order valence-corrected chi connectivity index (χ1v) is 20.5. The van der Waals surface area contributed by atoms with Crippen LogP contribution in [0.3, 0.4) is 0 Å². The van der Waals surface area contributed by atoms with Crippen molar-refractivity contribution < 1.29 is 47.5 Å². The van der Waals surface area contributed by atoms with E-state index in [0.717, 1.165) is 56.9 Å². The van der Waals surface area contributed by atoms with Crippen LogP contribution in [0.5, 0.6) is 0 Å². The van der Waals surface area contributed by atoms with E-state index in [0.29, 0.717) is 18.4 Å². The summed E-state index contributed by atoms with van der Waals surface area (Å²) >= 11 is 0. The fourth-order valence-electron chi connectivity index (χ4n) is 11.1. The van der Waals surface area contributed by atoms with Gasteiger partial charge in [0.1, 0.15) is 24.4 Å². The predicted molar refractivity (Wildman–Crippen MR) is 198 cm³/mol. The van der Waals surface area contributed by atoms with Crippen molar-refractivity contribution in [3.8, 4) is 0 Å². The highest BCUT2D eigenvalue weighted by atomic mass is 16.7. The van der Waals surface area contributed by atoms with Crippen molar-refractivity contribution in [3.05, 3.63) is 11.6 Å². The minimum absolute atomic E-state index is 0.0282. The summed E-state index contributed by atoms with van der Waals surface area (Å²) in [5.41, 5.74) is 7.81. The number of hydrogen-bond donors (Lipinski definition) is 1. The lowest BCUT2D eigenvalue weighted by atomic mass is 9.64. The Morgan fingerprint density at radius 3 is 2.26 bits per heavy atom. The number of methoxy groups -OCH3 is 3. The highest BCUT2D eigenvalue weighted by molar-refractivity contribution is 5.99. The Hall–Kier alpha value is -1.48. The van der Waals surface area contributed by atoms with Crippen molar-refractivity contribution in [1.82, 2.24) is 4.90 Å². The third-order valence-electron chi connectivity index (χ3n) is 13.8. The molecule has 6 rings (SSSR count). The summed E-state index contributed by atoms with van der Waals surface area (Å²) in [6, 6.07) is 0.174. The van der Waals surface area contributed by atoms with Crippen molar-refractivity contribution in [2.75, 3.05) is 35.4 Å². The van der Waals surface area contributed by atoms with E-state index >= 15 is 0 Å². The van der Waals surface area contributed by atoms with Gasteiger partial charge in [0.15, 0.2) is 18.4 Å². The highest BCUT2D eigenvalue weighted by Crippen LogP contribution is 2.56. The number of esters is 1. The quantitative estimate of drug-likeness (QED) is 0.329. The lowest BCUT2D eigenvalue weighted by molar-refractivity contribution is -0.314. The van der Waals surface area contributed by atoms with Crippen molar-refractivity contribution in [3.63, 3.8) is 0 Å². The van der Waals surface area contributed by atoms with Crippen LogP contribution in [-0.4, -0.2) is 126 Å². The number of Topliss-reactive ketones (excluding diaryl/α,β-unsaturated/α-hetero) is 1. The smallest absolute Gasteiger partial charge is 0.306 e. The third kappa shape index (κ3) is 8.61. The summed E-state index contributed by atoms with van der Waals surface area (Å²) < 4.78 is 49.7. The number of likely N-dealkylation sites (N-methyl/N-ethyl adjacent to an activating group) is 1. The van der Waals surface area contributed by atoms with Crippen LogP contribution >= 0.6 is 0 Å². The Labute approximate surface area is 317 Å². The van der Waals surface area contributed by atoms with Gasteiger partial charge in [-0.1, -0.05) is 19.9 Å². The molecule has 2 saturated carbocycles. The largest absolute Gasteiger partial charge is 0.462 e. The molecule has 0 aromatic heterocycles. The van der Waals surface area contributed by atoms with Crippen molar-refractivity contribution >= 4 is 11.8 Å². The van der Waals surface area contributed by atoms with E-state index in [1.54, 1.807) is 21.3 Å². The molecule has 12 heteroatoms. The van der Waals surface area contributed by atoms with Crippen LogP contribution in [0.25, 0.3) is 0 Å². The van der Waals surface area contributed by atoms with Crippen LogP contribution < -0.4 is 5.73 Å². The molecule has 3 aliphatic carbocycles. The molecule has 12 nitrogen and oxygen atoms in total. The predicted octanol–water partition coefficient (Wildman–Crippen LogP) is 4.65. The van der Waals surface area contributed by atoms with E-state index < -0.39 is 18.3 Å². The van der Waals surface area contributed by atoms with Crippen LogP contribution in [0.4, 0.5) is 0 Å². The molecule has 5 unspecified atom stereocenters. The maximum absolute atomic E-state index is 14.7. The number of ketones is 1. The number of nitrogens with two attached hydrogens (primary N) is 1. The van der Waals surface area contributed by atoms with E-state index in [2.05, 4.69) is 38.9 Å². The minimum Gasteiger partial charge on any atom is -0.462 e. The number of rotatable bonds is 9. The number of nitrogens with zero attached hydrogens (tertiary/aromatic N) is 1. The minimum atomic E-state index is -0.608. The fourth-order valence-corrected chi connectivity index (χ4v) is 11.1. The molecule has 2 N–H and O–H groups in total. The van der Waals surface area contributed by atoms with Gasteiger partial charge in [0.2, 0.25) is 0 Å². The standard InChI is InChI=1S/C41H68N2O10/c1-10-25-12-11-13-33(53-35-15-14-32(43(5)6)22(3)49-35)21(2)37(45)30-19-28-27-18-26(16-24(27)17-31(42)36(28)29(30)20-34(44)51-25)52-41-40(48-9)39(47-8)38(46-7)23(4)50-41/h19,21-29,31-33,35-36,38-41H,10-18,20,42H2,1-9H3/t21-,22?,23?,24+,25+,26-,27-,28+,29-,31?,32+,33+,35+,36-,38+,39?,40?,41+/m1/s1. The summed E-state index contributed by atoms with van der Waals surface area (Å²) in [6.45, 7) is 8.14. The monoisotopic (exact) mass is 748 g/mol. The van der Waals surface area contributed by atoms with Gasteiger partial charge in [-0.2, -0.15) is 0 Å². The maximum atomic E-state index is 14.7. The molecule has 302 valence electrons. The molecule has 0 bridgehead atoms. The van der Waals surface area contributed by atoms with Gasteiger partial charge in [-0.3, -0.25) is 9.59 Å². The number of hydrogen-bond acceptors (Lipinski definition) is 12. The second-order valence-corrected chi connectivity index (χ2v) is 17.1. The molecule has 0 aromatic rings. The SMILES string of the molecule is CC[C@H]1CCC[C@H](O[C@H]2CC[C@H](N(C)C)C(C)O2)[C@@H](C)C(=O)C2=C[C@H]3[C@@H]4C[C@H](O[C@@H]5OC(C)[C@H](OC)C(OC)C5OC)C[C@H]4CC(N)[C@H]3[C@@H]2CC(=O)O1. The van der Waals surface area contributed by atoms with Gasteiger partial charge in [-0.05, 0) is 115 Å². The number of ether oxygens (including phenoxy) is 8. The van der Waals surface area contributed by atoms with E-state index in [-0.39, 0.29) is 96.9 Å². The average Bonchev–Trinajstić information content (AvgIpc) is 3.70. The van der Waals surface area contributed by atoms with Gasteiger partial charge in [-0.15, -0.1) is 0 Å². The molecular weight excluding hydrogens is 680 g/mol. The molecule has 5 fully saturated rings. The number of cyclic esters (lactones) is 1. The molecule has 6 aliphatic rings. The van der Waals surface area contributed by atoms with Gasteiger partial charge in [-0.25, -0.2) is 0 Å². The lowest BCUT2D eigenvalue weighted by Gasteiger charge is -2.44. The van der Waals surface area contributed by atoms with Crippen molar-refractivity contribution in [2.24, 2.45) is 41.2 Å². The van der Waals surface area contributed by atoms with E-state index in [9.17, 15) is 9.59 Å². The summed E-state index contributed by atoms with van der Waals surface area (Å²) in [7, 11) is 9.13. The second kappa shape index (κ2) is 17.8. The number of allylic oxidation sites excluding steroid dienone is 2. The lowest BCUT2D eigenvalue weighted by Crippen LogP contribution is -2.59. The maximum Gasteiger partial charge on any atom is 0.306 e. The first-order chi connectivity index (χ1) is 25.4. The normalized spacial score (nSPS) is 46.8. The highest BCUT2D eigenvalue weighted by Gasteiger charge is 2.56. The van der Waals surface area contributed by atoms with Crippen LogP contribution in [-0.2, 0) is 47.5 Å². The van der Waals surface area contributed by atoms with E-state index in [4.69, 9.17) is 43.6 Å². The topological polar surface area (TPSA) is 137 Å². The first kappa shape index (κ1) is 41.2.